The quantitative estimate of drug-likeness (QED) is 0.200. The molecule has 0 bridgehead atoms. The zero-order valence-corrected chi connectivity index (χ0v) is 31.4. The summed E-state index contributed by atoms with van der Waals surface area (Å²) in [5, 5.41) is 74.9. The van der Waals surface area contributed by atoms with Gasteiger partial charge in [0.25, 0.3) is 0 Å². The summed E-state index contributed by atoms with van der Waals surface area (Å²) in [5.41, 5.74) is 0.0608. The van der Waals surface area contributed by atoms with Crippen LogP contribution in [0.2, 0.25) is 0 Å². The van der Waals surface area contributed by atoms with E-state index >= 15 is 0 Å². The van der Waals surface area contributed by atoms with Crippen LogP contribution < -0.4 is 0 Å². The van der Waals surface area contributed by atoms with Gasteiger partial charge in [0.2, 0.25) is 0 Å². The van der Waals surface area contributed by atoms with Gasteiger partial charge in [0.15, 0.2) is 18.4 Å². The fraction of sp³-hybridized carbons (Fsp3) is 1.00. The maximum absolute atomic E-state index is 12.0. The number of aliphatic hydroxyl groups excluding tert-OH is 7. The van der Waals surface area contributed by atoms with Gasteiger partial charge in [-0.25, -0.2) is 0 Å². The maximum atomic E-state index is 12.0. The molecule has 23 atom stereocenters. The molecule has 0 unspecified atom stereocenters. The van der Waals surface area contributed by atoms with Crippen LogP contribution in [0.3, 0.4) is 0 Å². The van der Waals surface area contributed by atoms with Crippen LogP contribution in [0.15, 0.2) is 0 Å². The average molecular weight is 741 g/mol. The van der Waals surface area contributed by atoms with Crippen molar-refractivity contribution in [3.8, 4) is 0 Å². The topological polar surface area (TPSA) is 197 Å². The molecule has 4 aliphatic heterocycles. The molecule has 4 heterocycles. The molecule has 0 aromatic rings. The van der Waals surface area contributed by atoms with E-state index in [4.69, 9.17) is 28.4 Å². The van der Waals surface area contributed by atoms with Crippen LogP contribution in [-0.2, 0) is 28.4 Å². The lowest BCUT2D eigenvalue weighted by molar-refractivity contribution is -0.371. The van der Waals surface area contributed by atoms with Gasteiger partial charge >= 0.3 is 0 Å². The van der Waals surface area contributed by atoms with Crippen LogP contribution in [0.4, 0.5) is 0 Å². The number of aliphatic hydroxyl groups is 7. The van der Waals surface area contributed by atoms with Crippen LogP contribution in [0.5, 0.6) is 0 Å². The SMILES string of the molecule is C[C@@H]1CC[C@@]2(OC1)O[C@H]1C[C@H]3[C@@H]4C[C@H](O)[C@H]5C[C@@H](O[C@@H]6O[C@H](CO)[C@@H](O)[C@H](O)[C@H]6O[C@H]6O[C@@H](C)[C@@H](O)[C@@H](O)[C@@H]6O)CC[C@]5(C)[C@H]4CC[C@]3(C)[C@H]1[C@@H]2C. The Labute approximate surface area is 307 Å². The zero-order valence-electron chi connectivity index (χ0n) is 31.4. The molecule has 4 saturated heterocycles. The molecule has 13 heteroatoms. The predicted octanol–water partition coefficient (Wildman–Crippen LogP) is 1.44. The molecule has 4 aliphatic carbocycles. The number of rotatable bonds is 5. The first-order chi connectivity index (χ1) is 24.6. The maximum Gasteiger partial charge on any atom is 0.187 e. The Balaban J connectivity index is 0.961. The van der Waals surface area contributed by atoms with E-state index in [1.54, 1.807) is 0 Å². The van der Waals surface area contributed by atoms with E-state index in [0.717, 1.165) is 51.6 Å². The van der Waals surface area contributed by atoms with Gasteiger partial charge in [-0.1, -0.05) is 27.7 Å². The van der Waals surface area contributed by atoms with Crippen molar-refractivity contribution < 1.29 is 64.2 Å². The normalized spacial score (nSPS) is 60.5. The summed E-state index contributed by atoms with van der Waals surface area (Å²) < 4.78 is 37.5. The van der Waals surface area contributed by atoms with Gasteiger partial charge in [0.05, 0.1) is 37.6 Å². The summed E-state index contributed by atoms with van der Waals surface area (Å²) >= 11 is 0. The minimum absolute atomic E-state index is 0.0121. The van der Waals surface area contributed by atoms with Crippen LogP contribution in [0.25, 0.3) is 0 Å². The van der Waals surface area contributed by atoms with Gasteiger partial charge in [-0.3, -0.25) is 0 Å². The average Bonchev–Trinajstić information content (AvgIpc) is 3.56. The van der Waals surface area contributed by atoms with E-state index in [2.05, 4.69) is 27.7 Å². The smallest absolute Gasteiger partial charge is 0.187 e. The molecule has 8 aliphatic rings. The molecule has 4 saturated carbocycles. The van der Waals surface area contributed by atoms with E-state index in [1.807, 2.05) is 0 Å². The predicted molar refractivity (Wildman–Crippen MR) is 183 cm³/mol. The molecule has 1 spiro atoms. The Morgan fingerprint density at radius 2 is 1.44 bits per heavy atom. The molecule has 0 radical (unpaired) electrons. The van der Waals surface area contributed by atoms with Crippen molar-refractivity contribution in [3.05, 3.63) is 0 Å². The van der Waals surface area contributed by atoms with Crippen molar-refractivity contribution in [2.75, 3.05) is 13.2 Å². The van der Waals surface area contributed by atoms with E-state index in [1.165, 1.54) is 6.92 Å². The highest BCUT2D eigenvalue weighted by atomic mass is 16.8. The zero-order chi connectivity index (χ0) is 37.1. The second-order valence-corrected chi connectivity index (χ2v) is 18.8. The monoisotopic (exact) mass is 740 g/mol. The third-order valence-electron chi connectivity index (χ3n) is 16.1. The Kier molecular flexibility index (Phi) is 10.2. The van der Waals surface area contributed by atoms with E-state index < -0.39 is 79.9 Å². The number of fused-ring (bicyclic) bond motifs is 7. The molecule has 52 heavy (non-hydrogen) atoms. The molecule has 0 aromatic heterocycles. The molecule has 8 rings (SSSR count). The molecular weight excluding hydrogens is 676 g/mol. The summed E-state index contributed by atoms with van der Waals surface area (Å²) in [6.45, 7) is 11.2. The summed E-state index contributed by atoms with van der Waals surface area (Å²) in [7, 11) is 0. The van der Waals surface area contributed by atoms with Gasteiger partial charge in [0, 0.05) is 12.3 Å². The molecule has 13 nitrogen and oxygen atoms in total. The summed E-state index contributed by atoms with van der Waals surface area (Å²) in [6, 6.07) is 0. The molecular formula is C39H64O13. The van der Waals surface area contributed by atoms with Crippen molar-refractivity contribution in [1.29, 1.82) is 0 Å². The van der Waals surface area contributed by atoms with Crippen molar-refractivity contribution in [2.45, 2.75) is 178 Å². The number of ether oxygens (including phenoxy) is 6. The first-order valence-electron chi connectivity index (χ1n) is 20.2. The molecule has 8 fully saturated rings. The second-order valence-electron chi connectivity index (χ2n) is 18.8. The van der Waals surface area contributed by atoms with E-state index in [-0.39, 0.29) is 29.0 Å². The Bertz CT molecular complexity index is 1280. The molecule has 0 aromatic carbocycles. The van der Waals surface area contributed by atoms with Crippen molar-refractivity contribution >= 4 is 0 Å². The molecule has 7 N–H and O–H groups in total. The second kappa shape index (κ2) is 13.8. The lowest BCUT2D eigenvalue weighted by Gasteiger charge is -2.62. The standard InChI is InChI=1S/C39H64O13/c1-17-6-11-39(47-16-17)18(2)28-26(52-39)14-23-21-13-25(41)24-12-20(7-9-37(24,4)22(21)8-10-38(23,28)5)49-36-34(32(45)30(43)27(15-40)50-36)51-35-33(46)31(44)29(42)19(3)48-35/h17-36,40-46H,6-16H2,1-5H3/t17-,18+,19+,20+,21-,22+,23+,24-,25+,26+,27-,28+,29-,30-,31-,32+,33+,34-,35-,36-,37-,38+,39-/m1/s1. The lowest BCUT2D eigenvalue weighted by Crippen LogP contribution is -2.64. The first kappa shape index (κ1) is 38.4. The van der Waals surface area contributed by atoms with Crippen molar-refractivity contribution in [3.63, 3.8) is 0 Å². The highest BCUT2D eigenvalue weighted by Gasteiger charge is 2.70. The van der Waals surface area contributed by atoms with Crippen LogP contribution in [0.1, 0.15) is 92.4 Å². The van der Waals surface area contributed by atoms with Crippen LogP contribution in [0, 0.1) is 52.3 Å². The Morgan fingerprint density at radius 1 is 0.692 bits per heavy atom. The highest BCUT2D eigenvalue weighted by Crippen LogP contribution is 2.71. The fourth-order valence-corrected chi connectivity index (χ4v) is 13.2. The third kappa shape index (κ3) is 5.89. The van der Waals surface area contributed by atoms with Crippen molar-refractivity contribution in [1.82, 2.24) is 0 Å². The highest BCUT2D eigenvalue weighted by molar-refractivity contribution is 5.16. The van der Waals surface area contributed by atoms with Crippen LogP contribution in [-0.4, -0.2) is 134 Å². The third-order valence-corrected chi connectivity index (χ3v) is 16.1. The van der Waals surface area contributed by atoms with Gasteiger partial charge in [0.1, 0.15) is 42.7 Å². The Morgan fingerprint density at radius 3 is 2.15 bits per heavy atom. The van der Waals surface area contributed by atoms with Gasteiger partial charge < -0.3 is 64.2 Å². The number of hydrogen-bond donors (Lipinski definition) is 7. The van der Waals surface area contributed by atoms with Gasteiger partial charge in [-0.15, -0.1) is 0 Å². The van der Waals surface area contributed by atoms with Crippen molar-refractivity contribution in [2.24, 2.45) is 52.3 Å². The summed E-state index contributed by atoms with van der Waals surface area (Å²) in [5.74, 6) is 2.28. The first-order valence-corrected chi connectivity index (χ1v) is 20.2. The largest absolute Gasteiger partial charge is 0.394 e. The minimum Gasteiger partial charge on any atom is -0.394 e. The molecule has 298 valence electrons. The van der Waals surface area contributed by atoms with E-state index in [0.29, 0.717) is 48.3 Å². The van der Waals surface area contributed by atoms with Gasteiger partial charge in [-0.05, 0) is 105 Å². The van der Waals surface area contributed by atoms with Crippen LogP contribution >= 0.6 is 0 Å². The molecule has 0 amide bonds. The summed E-state index contributed by atoms with van der Waals surface area (Å²) in [6.07, 6.45) is -6.08. The lowest BCUT2D eigenvalue weighted by atomic mass is 9.43. The van der Waals surface area contributed by atoms with Gasteiger partial charge in [-0.2, -0.15) is 0 Å². The van der Waals surface area contributed by atoms with E-state index in [9.17, 15) is 35.7 Å². The fourth-order valence-electron chi connectivity index (χ4n) is 13.2. The minimum atomic E-state index is -1.63. The Hall–Kier alpha value is -0.520. The summed E-state index contributed by atoms with van der Waals surface area (Å²) in [4.78, 5) is 0. The number of hydrogen-bond acceptors (Lipinski definition) is 13.